The highest BCUT2D eigenvalue weighted by atomic mass is 19.1. The minimum Gasteiger partial charge on any atom is -0.387 e. The molecule has 1 saturated heterocycles. The number of β-amino-alcohol motifs (C(OH)–C–C–N with tert-alkyl or cyclic N) is 1. The lowest BCUT2D eigenvalue weighted by atomic mass is 10.1. The zero-order valence-electron chi connectivity index (χ0n) is 13.1. The molecule has 0 radical (unpaired) electrons. The summed E-state index contributed by atoms with van der Waals surface area (Å²) < 4.78 is 13.7. The molecule has 4 nitrogen and oxygen atoms in total. The van der Waals surface area contributed by atoms with E-state index in [0.29, 0.717) is 12.1 Å². The summed E-state index contributed by atoms with van der Waals surface area (Å²) in [5, 5.41) is 10.2. The van der Waals surface area contributed by atoms with Gasteiger partial charge in [-0.15, -0.1) is 0 Å². The van der Waals surface area contributed by atoms with Gasteiger partial charge >= 0.3 is 0 Å². The number of aliphatic hydroxyl groups excluding tert-OH is 1. The molecule has 122 valence electrons. The predicted molar refractivity (Wildman–Crippen MR) is 87.3 cm³/mol. The SMILES string of the molecule is OC(CN1CCN(Cc2ccccn2)CC1)c1ccccc1F. The molecule has 3 rings (SSSR count). The first-order valence-electron chi connectivity index (χ1n) is 7.99. The second-order valence-corrected chi connectivity index (χ2v) is 5.94. The average Bonchev–Trinajstić information content (AvgIpc) is 2.58. The number of pyridine rings is 1. The third-order valence-electron chi connectivity index (χ3n) is 4.27. The zero-order chi connectivity index (χ0) is 16.1. The molecule has 0 saturated carbocycles. The summed E-state index contributed by atoms with van der Waals surface area (Å²) in [6.45, 7) is 4.93. The van der Waals surface area contributed by atoms with E-state index in [1.807, 2.05) is 24.4 Å². The van der Waals surface area contributed by atoms with Gasteiger partial charge in [0.05, 0.1) is 11.8 Å². The van der Waals surface area contributed by atoms with Crippen LogP contribution in [-0.4, -0.2) is 52.6 Å². The van der Waals surface area contributed by atoms with Gasteiger partial charge < -0.3 is 5.11 Å². The third kappa shape index (κ3) is 4.34. The van der Waals surface area contributed by atoms with E-state index >= 15 is 0 Å². The van der Waals surface area contributed by atoms with E-state index in [4.69, 9.17) is 0 Å². The van der Waals surface area contributed by atoms with Gasteiger partial charge in [0.2, 0.25) is 0 Å². The molecule has 2 heterocycles. The Kier molecular flexibility index (Phi) is 5.33. The fourth-order valence-electron chi connectivity index (χ4n) is 2.94. The second kappa shape index (κ2) is 7.64. The molecule has 0 spiro atoms. The number of piperazine rings is 1. The molecular formula is C18H22FN3O. The Hall–Kier alpha value is -1.82. The first-order valence-corrected chi connectivity index (χ1v) is 7.99. The number of halogens is 1. The van der Waals surface area contributed by atoms with E-state index < -0.39 is 6.10 Å². The van der Waals surface area contributed by atoms with Crippen LogP contribution in [0.1, 0.15) is 17.4 Å². The molecule has 1 aromatic heterocycles. The Morgan fingerprint density at radius 1 is 1.00 bits per heavy atom. The molecule has 1 aliphatic heterocycles. The lowest BCUT2D eigenvalue weighted by molar-refractivity contribution is 0.0681. The summed E-state index contributed by atoms with van der Waals surface area (Å²) in [5.74, 6) is -0.339. The highest BCUT2D eigenvalue weighted by molar-refractivity contribution is 5.20. The van der Waals surface area contributed by atoms with Gasteiger partial charge in [-0.25, -0.2) is 4.39 Å². The van der Waals surface area contributed by atoms with Crippen molar-refractivity contribution in [3.8, 4) is 0 Å². The molecular weight excluding hydrogens is 293 g/mol. The second-order valence-electron chi connectivity index (χ2n) is 5.94. The molecule has 0 aliphatic carbocycles. The van der Waals surface area contributed by atoms with Crippen molar-refractivity contribution in [2.45, 2.75) is 12.6 Å². The van der Waals surface area contributed by atoms with Crippen LogP contribution in [0.5, 0.6) is 0 Å². The Morgan fingerprint density at radius 2 is 1.70 bits per heavy atom. The van der Waals surface area contributed by atoms with Gasteiger partial charge in [-0.3, -0.25) is 14.8 Å². The van der Waals surface area contributed by atoms with Gasteiger partial charge in [-0.05, 0) is 18.2 Å². The zero-order valence-corrected chi connectivity index (χ0v) is 13.1. The van der Waals surface area contributed by atoms with Gasteiger partial charge in [0, 0.05) is 51.0 Å². The Balaban J connectivity index is 1.48. The number of hydrogen-bond donors (Lipinski definition) is 1. The van der Waals surface area contributed by atoms with E-state index in [-0.39, 0.29) is 5.82 Å². The van der Waals surface area contributed by atoms with E-state index in [9.17, 15) is 9.50 Å². The molecule has 1 aromatic carbocycles. The van der Waals surface area contributed by atoms with E-state index in [0.717, 1.165) is 38.4 Å². The molecule has 0 bridgehead atoms. The topological polar surface area (TPSA) is 39.6 Å². The van der Waals surface area contributed by atoms with Crippen molar-refractivity contribution in [1.82, 2.24) is 14.8 Å². The van der Waals surface area contributed by atoms with Crippen LogP contribution in [0.2, 0.25) is 0 Å². The van der Waals surface area contributed by atoms with Crippen LogP contribution in [0.3, 0.4) is 0 Å². The molecule has 5 heteroatoms. The Morgan fingerprint density at radius 3 is 2.39 bits per heavy atom. The van der Waals surface area contributed by atoms with Crippen LogP contribution in [0, 0.1) is 5.82 Å². The fraction of sp³-hybridized carbons (Fsp3) is 0.389. The molecule has 1 aliphatic rings. The minimum absolute atomic E-state index is 0.339. The molecule has 1 N–H and O–H groups in total. The maximum Gasteiger partial charge on any atom is 0.129 e. The maximum absolute atomic E-state index is 13.7. The highest BCUT2D eigenvalue weighted by Gasteiger charge is 2.21. The molecule has 1 atom stereocenters. The third-order valence-corrected chi connectivity index (χ3v) is 4.27. The molecule has 0 amide bonds. The largest absolute Gasteiger partial charge is 0.387 e. The van der Waals surface area contributed by atoms with Gasteiger partial charge in [0.15, 0.2) is 0 Å². The van der Waals surface area contributed by atoms with Crippen LogP contribution in [0.25, 0.3) is 0 Å². The van der Waals surface area contributed by atoms with Crippen molar-refractivity contribution in [3.63, 3.8) is 0 Å². The van der Waals surface area contributed by atoms with E-state index in [2.05, 4.69) is 14.8 Å². The van der Waals surface area contributed by atoms with E-state index in [1.54, 1.807) is 18.2 Å². The number of nitrogens with zero attached hydrogens (tertiary/aromatic N) is 3. The number of aromatic nitrogens is 1. The quantitative estimate of drug-likeness (QED) is 0.917. The van der Waals surface area contributed by atoms with Gasteiger partial charge in [-0.2, -0.15) is 0 Å². The van der Waals surface area contributed by atoms with Gasteiger partial charge in [0.1, 0.15) is 5.82 Å². The normalized spacial score (nSPS) is 18.0. The van der Waals surface area contributed by atoms with Crippen molar-refractivity contribution in [2.24, 2.45) is 0 Å². The lowest BCUT2D eigenvalue weighted by Crippen LogP contribution is -2.47. The summed E-state index contributed by atoms with van der Waals surface area (Å²) in [5.41, 5.74) is 1.45. The number of aliphatic hydroxyl groups is 1. The first kappa shape index (κ1) is 16.1. The van der Waals surface area contributed by atoms with Crippen LogP contribution in [-0.2, 0) is 6.54 Å². The highest BCUT2D eigenvalue weighted by Crippen LogP contribution is 2.18. The van der Waals surface area contributed by atoms with Crippen LogP contribution in [0.4, 0.5) is 4.39 Å². The summed E-state index contributed by atoms with van der Waals surface area (Å²) in [6.07, 6.45) is 1.04. The Labute approximate surface area is 136 Å². The number of rotatable bonds is 5. The number of hydrogen-bond acceptors (Lipinski definition) is 4. The smallest absolute Gasteiger partial charge is 0.129 e. The Bertz CT molecular complexity index is 615. The predicted octanol–water partition coefficient (Wildman–Crippen LogP) is 2.07. The average molecular weight is 315 g/mol. The van der Waals surface area contributed by atoms with Gasteiger partial charge in [-0.1, -0.05) is 24.3 Å². The van der Waals surface area contributed by atoms with Crippen molar-refractivity contribution in [3.05, 3.63) is 65.7 Å². The monoisotopic (exact) mass is 315 g/mol. The summed E-state index contributed by atoms with van der Waals surface area (Å²) >= 11 is 0. The molecule has 2 aromatic rings. The van der Waals surface area contributed by atoms with E-state index in [1.165, 1.54) is 6.07 Å². The minimum atomic E-state index is -0.779. The van der Waals surface area contributed by atoms with Crippen molar-refractivity contribution in [1.29, 1.82) is 0 Å². The molecule has 1 unspecified atom stereocenters. The molecule has 1 fully saturated rings. The standard InChI is InChI=1S/C18H22FN3O/c19-17-7-2-1-6-16(17)18(23)14-22-11-9-21(10-12-22)13-15-5-3-4-8-20-15/h1-8,18,23H,9-14H2. The summed E-state index contributed by atoms with van der Waals surface area (Å²) in [6, 6.07) is 12.4. The van der Waals surface area contributed by atoms with Crippen molar-refractivity contribution in [2.75, 3.05) is 32.7 Å². The molecule has 23 heavy (non-hydrogen) atoms. The first-order chi connectivity index (χ1) is 11.2. The summed E-state index contributed by atoms with van der Waals surface area (Å²) in [4.78, 5) is 8.89. The fourth-order valence-corrected chi connectivity index (χ4v) is 2.94. The number of benzene rings is 1. The summed E-state index contributed by atoms with van der Waals surface area (Å²) in [7, 11) is 0. The van der Waals surface area contributed by atoms with Crippen molar-refractivity contribution >= 4 is 0 Å². The van der Waals surface area contributed by atoms with Crippen LogP contribution in [0.15, 0.2) is 48.7 Å². The van der Waals surface area contributed by atoms with Gasteiger partial charge in [0.25, 0.3) is 0 Å². The van der Waals surface area contributed by atoms with Crippen LogP contribution < -0.4 is 0 Å². The van der Waals surface area contributed by atoms with Crippen molar-refractivity contribution < 1.29 is 9.50 Å². The van der Waals surface area contributed by atoms with Crippen LogP contribution >= 0.6 is 0 Å². The maximum atomic E-state index is 13.7. The lowest BCUT2D eigenvalue weighted by Gasteiger charge is -2.35.